The highest BCUT2D eigenvalue weighted by atomic mass is 16.5. The number of anilines is 1. The molecule has 0 bridgehead atoms. The first-order valence-corrected chi connectivity index (χ1v) is 12.4. The minimum atomic E-state index is -0.626. The van der Waals surface area contributed by atoms with Crippen LogP contribution in [0.25, 0.3) is 0 Å². The Morgan fingerprint density at radius 2 is 1.61 bits per heavy atom. The van der Waals surface area contributed by atoms with Gasteiger partial charge in [-0.2, -0.15) is 0 Å². The first-order valence-electron chi connectivity index (χ1n) is 12.4. The molecule has 2 amide bonds. The maximum atomic E-state index is 13.2. The average Bonchev–Trinajstić information content (AvgIpc) is 2.83. The van der Waals surface area contributed by atoms with Gasteiger partial charge in [-0.1, -0.05) is 49.1 Å². The van der Waals surface area contributed by atoms with Crippen LogP contribution in [0.4, 0.5) is 5.69 Å². The lowest BCUT2D eigenvalue weighted by atomic mass is 10.1. The summed E-state index contributed by atoms with van der Waals surface area (Å²) in [5, 5.41) is 2.25. The van der Waals surface area contributed by atoms with E-state index in [4.69, 9.17) is 9.47 Å². The summed E-state index contributed by atoms with van der Waals surface area (Å²) in [6.07, 6.45) is 7.59. The average molecular weight is 501 g/mol. The molecule has 0 spiro atoms. The number of amides is 2. The monoisotopic (exact) mass is 500 g/mol. The Bertz CT molecular complexity index is 963. The first kappa shape index (κ1) is 30.6. The van der Waals surface area contributed by atoms with Crippen molar-refractivity contribution in [1.82, 2.24) is 5.01 Å². The summed E-state index contributed by atoms with van der Waals surface area (Å²) in [6.45, 7) is 9.20. The number of allylic oxidation sites excluding steroid dienone is 3. The number of hydrazine groups is 1. The topological polar surface area (TPSA) is 93.2 Å². The SMILES string of the molecule is CCCCCC(=O)N(c1ccccc1C(=O)OCC)N(C)C(=O)COC(=O)/C=C(\C)CCC=C(C)C. The van der Waals surface area contributed by atoms with Crippen molar-refractivity contribution in [1.29, 1.82) is 0 Å². The van der Waals surface area contributed by atoms with Crippen molar-refractivity contribution in [3.05, 3.63) is 53.1 Å². The zero-order valence-corrected chi connectivity index (χ0v) is 22.5. The van der Waals surface area contributed by atoms with Gasteiger partial charge in [0, 0.05) is 19.5 Å². The van der Waals surface area contributed by atoms with E-state index in [1.807, 2.05) is 27.7 Å². The molecule has 1 aromatic rings. The van der Waals surface area contributed by atoms with Gasteiger partial charge in [0.05, 0.1) is 17.9 Å². The van der Waals surface area contributed by atoms with Gasteiger partial charge in [-0.15, -0.1) is 0 Å². The van der Waals surface area contributed by atoms with E-state index in [-0.39, 0.29) is 30.2 Å². The van der Waals surface area contributed by atoms with Crippen molar-refractivity contribution in [2.45, 2.75) is 73.1 Å². The molecule has 0 fully saturated rings. The molecule has 1 aromatic carbocycles. The van der Waals surface area contributed by atoms with Gasteiger partial charge in [-0.25, -0.2) is 19.6 Å². The molecule has 0 atom stereocenters. The molecule has 0 aromatic heterocycles. The van der Waals surface area contributed by atoms with E-state index in [9.17, 15) is 19.2 Å². The molecule has 0 aliphatic rings. The predicted molar refractivity (Wildman–Crippen MR) is 140 cm³/mol. The van der Waals surface area contributed by atoms with Crippen LogP contribution < -0.4 is 5.01 Å². The molecule has 0 saturated carbocycles. The second-order valence-electron chi connectivity index (χ2n) is 8.74. The lowest BCUT2D eigenvalue weighted by Crippen LogP contribution is -2.49. The van der Waals surface area contributed by atoms with Gasteiger partial charge in [0.2, 0.25) is 5.91 Å². The van der Waals surface area contributed by atoms with E-state index < -0.39 is 24.5 Å². The zero-order valence-electron chi connectivity index (χ0n) is 22.5. The number of likely N-dealkylation sites (N-methyl/N-ethyl adjacent to an activating group) is 1. The minimum Gasteiger partial charge on any atom is -0.462 e. The van der Waals surface area contributed by atoms with Gasteiger partial charge in [-0.3, -0.25) is 9.59 Å². The van der Waals surface area contributed by atoms with E-state index >= 15 is 0 Å². The number of para-hydroxylation sites is 1. The minimum absolute atomic E-state index is 0.162. The fourth-order valence-electron chi connectivity index (χ4n) is 3.38. The molecule has 0 unspecified atom stereocenters. The number of nitrogens with zero attached hydrogens (tertiary/aromatic N) is 2. The lowest BCUT2D eigenvalue weighted by Gasteiger charge is -2.32. The maximum Gasteiger partial charge on any atom is 0.340 e. The number of esters is 2. The van der Waals surface area contributed by atoms with Crippen molar-refractivity contribution in [3.63, 3.8) is 0 Å². The Morgan fingerprint density at radius 3 is 2.25 bits per heavy atom. The Labute approximate surface area is 214 Å². The summed E-state index contributed by atoms with van der Waals surface area (Å²) in [5.41, 5.74) is 2.44. The summed E-state index contributed by atoms with van der Waals surface area (Å²) in [7, 11) is 1.41. The van der Waals surface area contributed by atoms with Crippen molar-refractivity contribution in [2.24, 2.45) is 0 Å². The summed E-state index contributed by atoms with van der Waals surface area (Å²) in [6, 6.07) is 6.45. The van der Waals surface area contributed by atoms with E-state index in [2.05, 4.69) is 6.08 Å². The highest BCUT2D eigenvalue weighted by Crippen LogP contribution is 2.24. The van der Waals surface area contributed by atoms with Crippen LogP contribution in [-0.2, 0) is 23.9 Å². The predicted octanol–water partition coefficient (Wildman–Crippen LogP) is 5.39. The number of carbonyl (C=O) groups is 4. The molecule has 0 heterocycles. The number of rotatable bonds is 13. The molecule has 0 radical (unpaired) electrons. The third-order valence-corrected chi connectivity index (χ3v) is 5.31. The van der Waals surface area contributed by atoms with E-state index in [1.165, 1.54) is 23.7 Å². The summed E-state index contributed by atoms with van der Waals surface area (Å²) < 4.78 is 10.3. The van der Waals surface area contributed by atoms with Gasteiger partial charge in [-0.05, 0) is 59.1 Å². The van der Waals surface area contributed by atoms with Gasteiger partial charge < -0.3 is 9.47 Å². The Kier molecular flexibility index (Phi) is 13.8. The highest BCUT2D eigenvalue weighted by molar-refractivity contribution is 6.04. The van der Waals surface area contributed by atoms with Crippen LogP contribution in [-0.4, -0.2) is 49.0 Å². The molecular formula is C28H40N2O6. The molecule has 0 saturated heterocycles. The second-order valence-corrected chi connectivity index (χ2v) is 8.74. The fourth-order valence-corrected chi connectivity index (χ4v) is 3.38. The molecule has 0 aliphatic heterocycles. The van der Waals surface area contributed by atoms with Crippen LogP contribution >= 0.6 is 0 Å². The lowest BCUT2D eigenvalue weighted by molar-refractivity contribution is -0.148. The van der Waals surface area contributed by atoms with E-state index in [0.29, 0.717) is 12.8 Å². The Balaban J connectivity index is 3.05. The fraction of sp³-hybridized carbons (Fsp3) is 0.500. The van der Waals surface area contributed by atoms with Crippen LogP contribution in [0.5, 0.6) is 0 Å². The molecule has 8 nitrogen and oxygen atoms in total. The molecule has 1 rings (SSSR count). The first-order chi connectivity index (χ1) is 17.1. The normalized spacial score (nSPS) is 10.9. The molecule has 198 valence electrons. The second kappa shape index (κ2) is 16.3. The largest absolute Gasteiger partial charge is 0.462 e. The van der Waals surface area contributed by atoms with Gasteiger partial charge in [0.25, 0.3) is 5.91 Å². The van der Waals surface area contributed by atoms with Crippen molar-refractivity contribution in [3.8, 4) is 0 Å². The van der Waals surface area contributed by atoms with Crippen LogP contribution in [0.15, 0.2) is 47.6 Å². The third kappa shape index (κ3) is 10.5. The zero-order chi connectivity index (χ0) is 27.1. The van der Waals surface area contributed by atoms with Gasteiger partial charge >= 0.3 is 11.9 Å². The highest BCUT2D eigenvalue weighted by Gasteiger charge is 2.28. The van der Waals surface area contributed by atoms with Gasteiger partial charge in [0.1, 0.15) is 0 Å². The van der Waals surface area contributed by atoms with Crippen molar-refractivity contribution < 1.29 is 28.7 Å². The van der Waals surface area contributed by atoms with Crippen LogP contribution in [0, 0.1) is 0 Å². The van der Waals surface area contributed by atoms with E-state index in [1.54, 1.807) is 31.2 Å². The molecule has 0 aliphatic carbocycles. The third-order valence-electron chi connectivity index (χ3n) is 5.31. The van der Waals surface area contributed by atoms with Crippen LogP contribution in [0.3, 0.4) is 0 Å². The van der Waals surface area contributed by atoms with Gasteiger partial charge in [0.15, 0.2) is 6.61 Å². The summed E-state index contributed by atoms with van der Waals surface area (Å²) in [5.74, 6) is -2.18. The molecular weight excluding hydrogens is 460 g/mol. The summed E-state index contributed by atoms with van der Waals surface area (Å²) >= 11 is 0. The Hall–Kier alpha value is -3.42. The standard InChI is InChI=1S/C28H40N2O6/c1-7-9-10-18-25(31)30(24-17-12-11-16-23(24)28(34)35-8-2)29(6)26(32)20-36-27(33)19-22(5)15-13-14-21(3)4/h11-12,14,16-17,19H,7-10,13,15,18,20H2,1-6H3/b22-19+. The number of hydrogen-bond donors (Lipinski definition) is 0. The maximum absolute atomic E-state index is 13.2. The van der Waals surface area contributed by atoms with Crippen LogP contribution in [0.1, 0.15) is 83.5 Å². The van der Waals surface area contributed by atoms with Crippen molar-refractivity contribution >= 4 is 29.4 Å². The quantitative estimate of drug-likeness (QED) is 0.119. The molecule has 36 heavy (non-hydrogen) atoms. The number of unbranched alkanes of at least 4 members (excludes halogenated alkanes) is 2. The summed E-state index contributed by atoms with van der Waals surface area (Å²) in [4.78, 5) is 50.9. The Morgan fingerprint density at radius 1 is 0.917 bits per heavy atom. The number of carbonyl (C=O) groups excluding carboxylic acids is 4. The number of benzene rings is 1. The van der Waals surface area contributed by atoms with E-state index in [0.717, 1.165) is 29.8 Å². The smallest absolute Gasteiger partial charge is 0.340 e. The van der Waals surface area contributed by atoms with Crippen molar-refractivity contribution in [2.75, 3.05) is 25.3 Å². The van der Waals surface area contributed by atoms with Crippen LogP contribution in [0.2, 0.25) is 0 Å². The molecule has 0 N–H and O–H groups in total. The number of hydrogen-bond acceptors (Lipinski definition) is 6. The number of ether oxygens (including phenoxy) is 2. The molecule has 8 heteroatoms.